The first-order chi connectivity index (χ1) is 7.16. The molecule has 0 fully saturated rings. The Kier molecular flexibility index (Phi) is 3.32. The van der Waals surface area contributed by atoms with Crippen LogP contribution in [0.15, 0.2) is 23.1 Å². The molecule has 0 unspecified atom stereocenters. The van der Waals surface area contributed by atoms with E-state index in [9.17, 15) is 8.42 Å². The predicted molar refractivity (Wildman–Crippen MR) is 70.5 cm³/mol. The summed E-state index contributed by atoms with van der Waals surface area (Å²) in [7, 11) is -4.89. The Morgan fingerprint density at radius 2 is 1.81 bits per heavy atom. The maximum absolute atomic E-state index is 11.7. The van der Waals surface area contributed by atoms with E-state index in [0.717, 1.165) is 10.8 Å². The van der Waals surface area contributed by atoms with Crippen LogP contribution in [0.5, 0.6) is 0 Å². The summed E-state index contributed by atoms with van der Waals surface area (Å²) >= 11 is 0. The first kappa shape index (κ1) is 13.0. The van der Waals surface area contributed by atoms with Gasteiger partial charge in [0.05, 0.1) is 13.0 Å². The zero-order valence-electron chi connectivity index (χ0n) is 10.0. The molecule has 0 aromatic heterocycles. The van der Waals surface area contributed by atoms with Crippen LogP contribution in [-0.2, 0) is 9.84 Å². The molecule has 0 N–H and O–H groups in total. The molecule has 1 aromatic rings. The van der Waals surface area contributed by atoms with Gasteiger partial charge in [-0.25, -0.2) is 8.42 Å². The number of terminal acetylenes is 1. The average molecular weight is 252 g/mol. The summed E-state index contributed by atoms with van der Waals surface area (Å²) in [5.41, 5.74) is 0.741. The minimum absolute atomic E-state index is 0.422. The number of hydrogen-bond donors (Lipinski definition) is 0. The van der Waals surface area contributed by atoms with Crippen molar-refractivity contribution in [2.24, 2.45) is 0 Å². The molecule has 0 radical (unpaired) electrons. The summed E-state index contributed by atoms with van der Waals surface area (Å²) in [6, 6.07) is 5.14. The van der Waals surface area contributed by atoms with E-state index in [0.29, 0.717) is 4.90 Å². The molecule has 0 saturated heterocycles. The van der Waals surface area contributed by atoms with Gasteiger partial charge in [0, 0.05) is 11.8 Å². The van der Waals surface area contributed by atoms with Crippen molar-refractivity contribution in [3.8, 4) is 12.3 Å². The van der Waals surface area contributed by atoms with Gasteiger partial charge in [-0.1, -0.05) is 25.6 Å². The Hall–Kier alpha value is -1.05. The fraction of sp³-hybridized carbons (Fsp3) is 0.333. The monoisotopic (exact) mass is 252 g/mol. The van der Waals surface area contributed by atoms with Gasteiger partial charge in [0.2, 0.25) is 0 Å². The quantitative estimate of drug-likeness (QED) is 0.592. The van der Waals surface area contributed by atoms with Gasteiger partial charge >= 0.3 is 0 Å². The lowest BCUT2D eigenvalue weighted by atomic mass is 10.2. The summed E-state index contributed by atoms with van der Waals surface area (Å²) in [4.78, 5) is 0.422. The maximum Gasteiger partial charge on any atom is 0.175 e. The fourth-order valence-electron chi connectivity index (χ4n) is 1.53. The lowest BCUT2D eigenvalue weighted by Crippen LogP contribution is -2.41. The van der Waals surface area contributed by atoms with Crippen LogP contribution in [0.4, 0.5) is 0 Å². The molecule has 4 heteroatoms. The van der Waals surface area contributed by atoms with Crippen molar-refractivity contribution >= 4 is 23.1 Å². The molecule has 0 bridgehead atoms. The van der Waals surface area contributed by atoms with Crippen LogP contribution in [0, 0.1) is 12.3 Å². The minimum atomic E-state index is -3.18. The highest BCUT2D eigenvalue weighted by Gasteiger charge is 2.24. The molecule has 0 heterocycles. The first-order valence-corrected chi connectivity index (χ1v) is 10.4. The summed E-state index contributed by atoms with van der Waals surface area (Å²) in [5, 5.41) is 0.908. The van der Waals surface area contributed by atoms with Gasteiger partial charge < -0.3 is 0 Å². The van der Waals surface area contributed by atoms with E-state index in [2.05, 4.69) is 25.6 Å². The van der Waals surface area contributed by atoms with Gasteiger partial charge in [-0.3, -0.25) is 0 Å². The lowest BCUT2D eigenvalue weighted by molar-refractivity contribution is 0.602. The predicted octanol–water partition coefficient (Wildman–Crippen LogP) is 1.62. The third-order valence-electron chi connectivity index (χ3n) is 2.35. The molecule has 1 rings (SSSR count). The van der Waals surface area contributed by atoms with E-state index in [-0.39, 0.29) is 0 Å². The second kappa shape index (κ2) is 4.08. The minimum Gasteiger partial charge on any atom is -0.224 e. The zero-order chi connectivity index (χ0) is 12.6. The largest absolute Gasteiger partial charge is 0.224 e. The first-order valence-electron chi connectivity index (χ1n) is 4.97. The molecule has 1 aromatic carbocycles. The van der Waals surface area contributed by atoms with Crippen molar-refractivity contribution in [1.82, 2.24) is 0 Å². The third-order valence-corrected chi connectivity index (χ3v) is 5.72. The second-order valence-corrected chi connectivity index (χ2v) is 11.9. The number of hydrogen-bond acceptors (Lipinski definition) is 2. The molecule has 0 saturated carbocycles. The Balaban J connectivity index is 3.60. The summed E-state index contributed by atoms with van der Waals surface area (Å²) in [6.45, 7) is 6.33. The molecule has 0 aliphatic rings. The van der Waals surface area contributed by atoms with Crippen molar-refractivity contribution in [3.63, 3.8) is 0 Å². The van der Waals surface area contributed by atoms with Crippen molar-refractivity contribution in [2.75, 3.05) is 6.26 Å². The fourth-order valence-corrected chi connectivity index (χ4v) is 5.19. The Labute approximate surface area is 98.6 Å². The molecule has 16 heavy (non-hydrogen) atoms. The molecule has 0 spiro atoms. The van der Waals surface area contributed by atoms with E-state index in [1.165, 1.54) is 6.26 Å². The molecule has 0 aliphatic heterocycles. The van der Waals surface area contributed by atoms with Crippen LogP contribution in [0.2, 0.25) is 19.6 Å². The number of benzene rings is 1. The van der Waals surface area contributed by atoms with Crippen molar-refractivity contribution in [1.29, 1.82) is 0 Å². The molecule has 86 valence electrons. The standard InChI is InChI=1S/C12H16O2SSi/c1-6-10-7-8-11(15(2,13)14)12(9-10)16(3,4)5/h1,7-9H,2-5H3. The van der Waals surface area contributed by atoms with Gasteiger partial charge in [-0.15, -0.1) is 6.42 Å². The van der Waals surface area contributed by atoms with Gasteiger partial charge in [0.1, 0.15) is 0 Å². The van der Waals surface area contributed by atoms with Crippen molar-refractivity contribution in [3.05, 3.63) is 23.8 Å². The van der Waals surface area contributed by atoms with Gasteiger partial charge in [0.25, 0.3) is 0 Å². The molecular weight excluding hydrogens is 236 g/mol. The van der Waals surface area contributed by atoms with E-state index < -0.39 is 17.9 Å². The zero-order valence-corrected chi connectivity index (χ0v) is 11.9. The lowest BCUT2D eigenvalue weighted by Gasteiger charge is -2.20. The smallest absolute Gasteiger partial charge is 0.175 e. The normalized spacial score (nSPS) is 12.2. The molecule has 0 aliphatic carbocycles. The Morgan fingerprint density at radius 1 is 1.25 bits per heavy atom. The van der Waals surface area contributed by atoms with Crippen molar-refractivity contribution < 1.29 is 8.42 Å². The molecule has 2 nitrogen and oxygen atoms in total. The van der Waals surface area contributed by atoms with Crippen LogP contribution in [-0.4, -0.2) is 22.7 Å². The van der Waals surface area contributed by atoms with Crippen LogP contribution in [0.1, 0.15) is 5.56 Å². The maximum atomic E-state index is 11.7. The molecular formula is C12H16O2SSi. The second-order valence-electron chi connectivity index (χ2n) is 4.88. The van der Waals surface area contributed by atoms with Gasteiger partial charge in [-0.05, 0) is 23.4 Å². The van der Waals surface area contributed by atoms with Crippen LogP contribution >= 0.6 is 0 Å². The van der Waals surface area contributed by atoms with Gasteiger partial charge in [-0.2, -0.15) is 0 Å². The molecule has 0 amide bonds. The SMILES string of the molecule is C#Cc1ccc(S(C)(=O)=O)c([Si](C)(C)C)c1. The summed E-state index contributed by atoms with van der Waals surface area (Å²) in [5.74, 6) is 2.55. The van der Waals surface area contributed by atoms with E-state index in [1.54, 1.807) is 12.1 Å². The Bertz CT molecular complexity index is 545. The average Bonchev–Trinajstić information content (AvgIpc) is 2.14. The highest BCUT2D eigenvalue weighted by Crippen LogP contribution is 2.14. The topological polar surface area (TPSA) is 34.1 Å². The van der Waals surface area contributed by atoms with Crippen molar-refractivity contribution in [2.45, 2.75) is 24.5 Å². The highest BCUT2D eigenvalue weighted by atomic mass is 32.2. The number of sulfone groups is 1. The highest BCUT2D eigenvalue weighted by molar-refractivity contribution is 7.91. The summed E-state index contributed by atoms with van der Waals surface area (Å²) in [6.07, 6.45) is 6.57. The van der Waals surface area contributed by atoms with E-state index >= 15 is 0 Å². The Morgan fingerprint density at radius 3 is 2.19 bits per heavy atom. The third kappa shape index (κ3) is 2.74. The summed E-state index contributed by atoms with van der Waals surface area (Å²) < 4.78 is 23.3. The van der Waals surface area contributed by atoms with E-state index in [4.69, 9.17) is 6.42 Å². The number of rotatable bonds is 2. The van der Waals surface area contributed by atoms with Crippen LogP contribution < -0.4 is 5.19 Å². The van der Waals surface area contributed by atoms with Crippen LogP contribution in [0.25, 0.3) is 0 Å². The van der Waals surface area contributed by atoms with Crippen LogP contribution in [0.3, 0.4) is 0 Å². The van der Waals surface area contributed by atoms with Gasteiger partial charge in [0.15, 0.2) is 9.84 Å². The van der Waals surface area contributed by atoms with E-state index in [1.807, 2.05) is 6.07 Å². The molecule has 0 atom stereocenters.